The van der Waals surface area contributed by atoms with Crippen LogP contribution >= 0.6 is 11.6 Å². The Balaban J connectivity index is 2.28. The maximum atomic E-state index is 9.03. The molecule has 18 heavy (non-hydrogen) atoms. The van der Waals surface area contributed by atoms with E-state index in [9.17, 15) is 0 Å². The van der Waals surface area contributed by atoms with Crippen molar-refractivity contribution in [2.75, 3.05) is 5.32 Å². The minimum atomic E-state index is 0.301. The largest absolute Gasteiger partial charge is 0.352 e. The van der Waals surface area contributed by atoms with Crippen LogP contribution in [0.3, 0.4) is 0 Å². The maximum absolute atomic E-state index is 9.03. The number of benzene rings is 1. The van der Waals surface area contributed by atoms with Crippen molar-refractivity contribution in [1.82, 2.24) is 9.78 Å². The summed E-state index contributed by atoms with van der Waals surface area (Å²) in [5.74, 6) is 0. The van der Waals surface area contributed by atoms with Crippen LogP contribution in [0.1, 0.15) is 25.5 Å². The molecule has 2 aromatic rings. The predicted octanol–water partition coefficient (Wildman–Crippen LogP) is 3.73. The van der Waals surface area contributed by atoms with Gasteiger partial charge < -0.3 is 5.32 Å². The number of anilines is 2. The fourth-order valence-corrected chi connectivity index (χ4v) is 1.73. The lowest BCUT2D eigenvalue weighted by Gasteiger charge is -2.06. The first-order chi connectivity index (χ1) is 8.60. The van der Waals surface area contributed by atoms with Gasteiger partial charge in [-0.3, -0.25) is 4.68 Å². The standard InChI is InChI=1S/C13H13ClN4/c1-9(2)18-8-12(7-16-18)17-13-5-11(14)4-3-10(13)6-15/h3-5,7-9,17H,1-2H3. The molecule has 0 amide bonds. The Kier molecular flexibility index (Phi) is 3.54. The van der Waals surface area contributed by atoms with Crippen molar-refractivity contribution in [2.45, 2.75) is 19.9 Å². The van der Waals surface area contributed by atoms with Gasteiger partial charge in [0.05, 0.1) is 23.1 Å². The van der Waals surface area contributed by atoms with Crippen molar-refractivity contribution in [1.29, 1.82) is 5.26 Å². The van der Waals surface area contributed by atoms with Crippen LogP contribution in [0, 0.1) is 11.3 Å². The molecule has 1 aromatic heterocycles. The highest BCUT2D eigenvalue weighted by Gasteiger charge is 2.06. The maximum Gasteiger partial charge on any atom is 0.101 e. The molecule has 0 aliphatic heterocycles. The molecule has 0 saturated heterocycles. The van der Waals surface area contributed by atoms with E-state index in [0.717, 1.165) is 5.69 Å². The van der Waals surface area contributed by atoms with Crippen molar-refractivity contribution in [3.63, 3.8) is 0 Å². The van der Waals surface area contributed by atoms with E-state index in [1.54, 1.807) is 24.4 Å². The molecule has 0 saturated carbocycles. The molecule has 0 aliphatic rings. The molecular weight excluding hydrogens is 248 g/mol. The summed E-state index contributed by atoms with van der Waals surface area (Å²) >= 11 is 5.93. The summed E-state index contributed by atoms with van der Waals surface area (Å²) in [5.41, 5.74) is 2.08. The molecule has 2 rings (SSSR count). The van der Waals surface area contributed by atoms with Crippen LogP contribution in [0.2, 0.25) is 5.02 Å². The Labute approximate surface area is 111 Å². The summed E-state index contributed by atoms with van der Waals surface area (Å²) in [6.07, 6.45) is 3.62. The molecule has 0 bridgehead atoms. The number of nitrogens with zero attached hydrogens (tertiary/aromatic N) is 3. The summed E-state index contributed by atoms with van der Waals surface area (Å²) in [6, 6.07) is 7.54. The molecule has 0 unspecified atom stereocenters. The van der Waals surface area contributed by atoms with E-state index in [1.807, 2.05) is 10.9 Å². The molecule has 92 valence electrons. The summed E-state index contributed by atoms with van der Waals surface area (Å²) in [4.78, 5) is 0. The van der Waals surface area contributed by atoms with Crippen LogP contribution in [-0.2, 0) is 0 Å². The Morgan fingerprint density at radius 2 is 2.22 bits per heavy atom. The zero-order chi connectivity index (χ0) is 13.1. The van der Waals surface area contributed by atoms with Crippen LogP contribution in [0.5, 0.6) is 0 Å². The van der Waals surface area contributed by atoms with Gasteiger partial charge in [-0.1, -0.05) is 11.6 Å². The highest BCUT2D eigenvalue weighted by molar-refractivity contribution is 6.30. The molecular formula is C13H13ClN4. The number of rotatable bonds is 3. The van der Waals surface area contributed by atoms with Gasteiger partial charge in [-0.2, -0.15) is 10.4 Å². The van der Waals surface area contributed by atoms with Crippen molar-refractivity contribution in [3.8, 4) is 6.07 Å². The third-order valence-corrected chi connectivity index (χ3v) is 2.75. The summed E-state index contributed by atoms with van der Waals surface area (Å²) in [6.45, 7) is 4.10. The second-order valence-electron chi connectivity index (χ2n) is 4.23. The minimum absolute atomic E-state index is 0.301. The summed E-state index contributed by atoms with van der Waals surface area (Å²) < 4.78 is 1.85. The van der Waals surface area contributed by atoms with Gasteiger partial charge in [0, 0.05) is 17.3 Å². The lowest BCUT2D eigenvalue weighted by Crippen LogP contribution is -2.00. The molecule has 4 nitrogen and oxygen atoms in total. The van der Waals surface area contributed by atoms with E-state index < -0.39 is 0 Å². The Morgan fingerprint density at radius 3 is 2.83 bits per heavy atom. The van der Waals surface area contributed by atoms with Gasteiger partial charge >= 0.3 is 0 Å². The van der Waals surface area contributed by atoms with E-state index in [-0.39, 0.29) is 0 Å². The van der Waals surface area contributed by atoms with Gasteiger partial charge in [-0.25, -0.2) is 0 Å². The highest BCUT2D eigenvalue weighted by atomic mass is 35.5. The number of nitriles is 1. The van der Waals surface area contributed by atoms with Gasteiger partial charge in [0.25, 0.3) is 0 Å². The molecule has 0 spiro atoms. The zero-order valence-electron chi connectivity index (χ0n) is 10.2. The van der Waals surface area contributed by atoms with Gasteiger partial charge in [-0.15, -0.1) is 0 Å². The molecule has 0 radical (unpaired) electrons. The van der Waals surface area contributed by atoms with Crippen LogP contribution in [0.25, 0.3) is 0 Å². The fraction of sp³-hybridized carbons (Fsp3) is 0.231. The average molecular weight is 261 g/mol. The van der Waals surface area contributed by atoms with E-state index in [0.29, 0.717) is 22.3 Å². The third kappa shape index (κ3) is 2.63. The van der Waals surface area contributed by atoms with Crippen molar-refractivity contribution in [2.24, 2.45) is 0 Å². The predicted molar refractivity (Wildman–Crippen MR) is 72.1 cm³/mol. The zero-order valence-corrected chi connectivity index (χ0v) is 10.9. The van der Waals surface area contributed by atoms with Crippen LogP contribution in [0.4, 0.5) is 11.4 Å². The molecule has 1 heterocycles. The quantitative estimate of drug-likeness (QED) is 0.915. The van der Waals surface area contributed by atoms with Gasteiger partial charge in [0.2, 0.25) is 0 Å². The Morgan fingerprint density at radius 1 is 1.44 bits per heavy atom. The van der Waals surface area contributed by atoms with Crippen LogP contribution in [0.15, 0.2) is 30.6 Å². The molecule has 0 atom stereocenters. The van der Waals surface area contributed by atoms with E-state index in [2.05, 4.69) is 30.3 Å². The SMILES string of the molecule is CC(C)n1cc(Nc2cc(Cl)ccc2C#N)cn1. The van der Waals surface area contributed by atoms with Crippen molar-refractivity contribution in [3.05, 3.63) is 41.2 Å². The minimum Gasteiger partial charge on any atom is -0.352 e. The first-order valence-corrected chi connectivity index (χ1v) is 5.99. The van der Waals surface area contributed by atoms with Crippen molar-refractivity contribution < 1.29 is 0 Å². The third-order valence-electron chi connectivity index (χ3n) is 2.51. The highest BCUT2D eigenvalue weighted by Crippen LogP contribution is 2.24. The molecule has 0 fully saturated rings. The molecule has 0 aliphatic carbocycles. The number of halogens is 1. The Hall–Kier alpha value is -1.99. The average Bonchev–Trinajstić information content (AvgIpc) is 2.78. The fourth-order valence-electron chi connectivity index (χ4n) is 1.56. The van der Waals surface area contributed by atoms with E-state index in [1.165, 1.54) is 0 Å². The van der Waals surface area contributed by atoms with E-state index in [4.69, 9.17) is 16.9 Å². The van der Waals surface area contributed by atoms with Crippen molar-refractivity contribution >= 4 is 23.0 Å². The normalized spacial score (nSPS) is 10.4. The Bertz CT molecular complexity index is 595. The first kappa shape index (κ1) is 12.5. The van der Waals surface area contributed by atoms with Gasteiger partial charge in [0.15, 0.2) is 0 Å². The number of hydrogen-bond acceptors (Lipinski definition) is 3. The van der Waals surface area contributed by atoms with Crippen LogP contribution in [-0.4, -0.2) is 9.78 Å². The van der Waals surface area contributed by atoms with Gasteiger partial charge in [-0.05, 0) is 32.0 Å². The molecule has 5 heteroatoms. The summed E-state index contributed by atoms with van der Waals surface area (Å²) in [5, 5.41) is 17.0. The molecule has 1 aromatic carbocycles. The topological polar surface area (TPSA) is 53.6 Å². The van der Waals surface area contributed by atoms with Crippen LogP contribution < -0.4 is 5.32 Å². The van der Waals surface area contributed by atoms with Gasteiger partial charge in [0.1, 0.15) is 6.07 Å². The first-order valence-electron chi connectivity index (χ1n) is 5.61. The number of aromatic nitrogens is 2. The molecule has 1 N–H and O–H groups in total. The monoisotopic (exact) mass is 260 g/mol. The van der Waals surface area contributed by atoms with E-state index >= 15 is 0 Å². The lowest BCUT2D eigenvalue weighted by atomic mass is 10.2. The second-order valence-corrected chi connectivity index (χ2v) is 4.67. The second kappa shape index (κ2) is 5.11. The number of nitrogens with one attached hydrogen (secondary N) is 1. The summed E-state index contributed by atoms with van der Waals surface area (Å²) in [7, 11) is 0. The smallest absolute Gasteiger partial charge is 0.101 e. The lowest BCUT2D eigenvalue weighted by molar-refractivity contribution is 0.532. The number of hydrogen-bond donors (Lipinski definition) is 1.